The molecule has 0 aromatic heterocycles. The summed E-state index contributed by atoms with van der Waals surface area (Å²) in [5, 5.41) is 8.92. The van der Waals surface area contributed by atoms with Gasteiger partial charge in [0.1, 0.15) is 5.75 Å². The van der Waals surface area contributed by atoms with Gasteiger partial charge in [-0.3, -0.25) is 14.4 Å². The number of aryl methyl sites for hydroxylation is 1. The summed E-state index contributed by atoms with van der Waals surface area (Å²) >= 11 is 0. The summed E-state index contributed by atoms with van der Waals surface area (Å²) in [4.78, 5) is 38.1. The number of benzene rings is 3. The molecule has 2 N–H and O–H groups in total. The summed E-state index contributed by atoms with van der Waals surface area (Å²) in [5.74, 6) is -0.411. The highest BCUT2D eigenvalue weighted by molar-refractivity contribution is 7.90. The van der Waals surface area contributed by atoms with Crippen molar-refractivity contribution in [3.05, 3.63) is 71.3 Å². The van der Waals surface area contributed by atoms with Gasteiger partial charge in [0.05, 0.1) is 12.0 Å². The van der Waals surface area contributed by atoms with Gasteiger partial charge in [0.2, 0.25) is 25.1 Å². The molecule has 1 aliphatic rings. The Labute approximate surface area is 274 Å². The number of carbonyl (C=O) groups excluding carboxylic acids is 2. The molecule has 0 radical (unpaired) electrons. The van der Waals surface area contributed by atoms with Gasteiger partial charge in [-0.05, 0) is 78.8 Å². The maximum Gasteiger partial charge on any atom is 0.303 e. The van der Waals surface area contributed by atoms with E-state index >= 15 is 0 Å². The topological polar surface area (TPSA) is 158 Å². The number of fused-ring (bicyclic) bond motifs is 1. The fourth-order valence-electron chi connectivity index (χ4n) is 5.10. The molecular weight excluding hydrogens is 628 g/mol. The molecule has 0 spiro atoms. The van der Waals surface area contributed by atoms with E-state index in [1.165, 1.54) is 36.3 Å². The van der Waals surface area contributed by atoms with Crippen LogP contribution in [0.3, 0.4) is 0 Å². The van der Waals surface area contributed by atoms with Gasteiger partial charge in [0.25, 0.3) is 15.9 Å². The van der Waals surface area contributed by atoms with E-state index < -0.39 is 28.0 Å². The van der Waals surface area contributed by atoms with E-state index in [-0.39, 0.29) is 35.3 Å². The van der Waals surface area contributed by atoms with E-state index in [4.69, 9.17) is 24.1 Å². The zero-order chi connectivity index (χ0) is 34.1. The average molecular weight is 669 g/mol. The molecule has 0 saturated carbocycles. The van der Waals surface area contributed by atoms with Crippen LogP contribution in [0.15, 0.2) is 59.5 Å². The zero-order valence-corrected chi connectivity index (χ0v) is 27.7. The highest BCUT2D eigenvalue weighted by Gasteiger charge is 2.32. The van der Waals surface area contributed by atoms with Crippen LogP contribution in [0, 0.1) is 0 Å². The van der Waals surface area contributed by atoms with Gasteiger partial charge in [0.15, 0.2) is 11.5 Å². The Kier molecular flexibility index (Phi) is 11.7. The molecule has 3 aromatic rings. The van der Waals surface area contributed by atoms with Crippen LogP contribution in [0.25, 0.3) is 0 Å². The Morgan fingerprint density at radius 2 is 1.77 bits per heavy atom. The molecule has 2 amide bonds. The van der Waals surface area contributed by atoms with Crippen LogP contribution in [0.1, 0.15) is 75.2 Å². The number of carboxylic acids is 1. The Morgan fingerprint density at radius 1 is 1.02 bits per heavy atom. The number of amides is 2. The lowest BCUT2D eigenvalue weighted by Crippen LogP contribution is -2.37. The van der Waals surface area contributed by atoms with E-state index in [0.717, 1.165) is 5.56 Å². The van der Waals surface area contributed by atoms with Gasteiger partial charge in [-0.25, -0.2) is 13.1 Å². The summed E-state index contributed by atoms with van der Waals surface area (Å²) in [6.45, 7) is 6.21. The van der Waals surface area contributed by atoms with Crippen LogP contribution >= 0.6 is 0 Å². The number of sulfonamides is 1. The number of methoxy groups -OCH3 is 1. The summed E-state index contributed by atoms with van der Waals surface area (Å²) in [7, 11) is -2.85. The van der Waals surface area contributed by atoms with Crippen molar-refractivity contribution < 1.29 is 46.9 Å². The van der Waals surface area contributed by atoms with Crippen LogP contribution in [0.5, 0.6) is 23.0 Å². The van der Waals surface area contributed by atoms with Gasteiger partial charge >= 0.3 is 5.97 Å². The summed E-state index contributed by atoms with van der Waals surface area (Å²) in [5.41, 5.74) is 2.46. The molecule has 1 unspecified atom stereocenters. The van der Waals surface area contributed by atoms with E-state index in [1.54, 1.807) is 30.3 Å². The first-order chi connectivity index (χ1) is 22.5. The van der Waals surface area contributed by atoms with Gasteiger partial charge in [0, 0.05) is 24.2 Å². The van der Waals surface area contributed by atoms with Crippen LogP contribution < -0.4 is 28.6 Å². The molecule has 12 nitrogen and oxygen atoms in total. The first-order valence-corrected chi connectivity index (χ1v) is 16.8. The fraction of sp³-hybridized carbons (Fsp3) is 0.382. The lowest BCUT2D eigenvalue weighted by Gasteiger charge is -2.24. The second-order valence-corrected chi connectivity index (χ2v) is 13.0. The number of unbranched alkanes of at least 4 members (excludes halogenated alkanes) is 1. The SMILES string of the molecule is CCCc1cc(N(C=O)CCCCC(=O)O)ccc1OC(C(=O)NS(=O)(=O)c1ccc(C(C)C)cc1)c1cc(OC)c2c(c1)OCO2. The minimum absolute atomic E-state index is 0.00757. The van der Waals surface area contributed by atoms with Gasteiger partial charge in [-0.2, -0.15) is 0 Å². The van der Waals surface area contributed by atoms with Crippen molar-refractivity contribution in [1.82, 2.24) is 4.72 Å². The average Bonchev–Trinajstić information content (AvgIpc) is 3.52. The molecule has 1 heterocycles. The third-order valence-corrected chi connectivity index (χ3v) is 8.98. The van der Waals surface area contributed by atoms with Gasteiger partial charge in [-0.1, -0.05) is 39.3 Å². The molecule has 0 fully saturated rings. The smallest absolute Gasteiger partial charge is 0.303 e. The quantitative estimate of drug-likeness (QED) is 0.142. The molecule has 0 saturated heterocycles. The first kappa shape index (κ1) is 35.1. The predicted octanol–water partition coefficient (Wildman–Crippen LogP) is 5.34. The monoisotopic (exact) mass is 668 g/mol. The van der Waals surface area contributed by atoms with Crippen LogP contribution in [-0.2, 0) is 30.8 Å². The fourth-order valence-corrected chi connectivity index (χ4v) is 6.09. The highest BCUT2D eigenvalue weighted by Crippen LogP contribution is 2.44. The number of rotatable bonds is 17. The number of nitrogens with one attached hydrogen (secondary N) is 1. The predicted molar refractivity (Wildman–Crippen MR) is 174 cm³/mol. The number of anilines is 1. The van der Waals surface area contributed by atoms with Crippen molar-refractivity contribution in [3.63, 3.8) is 0 Å². The molecule has 4 rings (SSSR count). The Hall–Kier alpha value is -4.78. The molecule has 1 atom stereocenters. The van der Waals surface area contributed by atoms with Crippen LogP contribution in [-0.4, -0.2) is 52.3 Å². The van der Waals surface area contributed by atoms with E-state index in [0.29, 0.717) is 67.1 Å². The van der Waals surface area contributed by atoms with Crippen molar-refractivity contribution in [2.75, 3.05) is 25.3 Å². The molecule has 252 valence electrons. The summed E-state index contributed by atoms with van der Waals surface area (Å²) in [6.07, 6.45) is 1.36. The normalized spacial score (nSPS) is 12.8. The highest BCUT2D eigenvalue weighted by atomic mass is 32.2. The van der Waals surface area contributed by atoms with E-state index in [2.05, 4.69) is 4.72 Å². The number of carboxylic acid groups (broad SMARTS) is 1. The number of carbonyl (C=O) groups is 3. The Bertz CT molecular complexity index is 1690. The summed E-state index contributed by atoms with van der Waals surface area (Å²) in [6, 6.07) is 14.4. The van der Waals surface area contributed by atoms with Crippen molar-refractivity contribution >= 4 is 34.0 Å². The van der Waals surface area contributed by atoms with Crippen molar-refractivity contribution in [2.45, 2.75) is 69.8 Å². The maximum absolute atomic E-state index is 13.9. The molecule has 1 aliphatic heterocycles. The third kappa shape index (κ3) is 8.73. The van der Waals surface area contributed by atoms with Crippen LogP contribution in [0.4, 0.5) is 5.69 Å². The number of hydrogen-bond acceptors (Lipinski definition) is 9. The maximum atomic E-state index is 13.9. The third-order valence-electron chi connectivity index (χ3n) is 7.62. The van der Waals surface area contributed by atoms with Crippen LogP contribution in [0.2, 0.25) is 0 Å². The summed E-state index contributed by atoms with van der Waals surface area (Å²) < 4.78 is 51.7. The molecule has 0 bridgehead atoms. The molecule has 0 aliphatic carbocycles. The molecule has 47 heavy (non-hydrogen) atoms. The second-order valence-electron chi connectivity index (χ2n) is 11.3. The lowest BCUT2D eigenvalue weighted by atomic mass is 10.0. The minimum Gasteiger partial charge on any atom is -0.493 e. The molecule has 3 aromatic carbocycles. The molecule has 13 heteroatoms. The lowest BCUT2D eigenvalue weighted by molar-refractivity contribution is -0.137. The minimum atomic E-state index is -4.28. The van der Waals surface area contributed by atoms with Crippen molar-refractivity contribution in [2.24, 2.45) is 0 Å². The molecular formula is C34H40N2O10S. The number of hydrogen-bond donors (Lipinski definition) is 2. The Balaban J connectivity index is 1.69. The van der Waals surface area contributed by atoms with Crippen molar-refractivity contribution in [1.29, 1.82) is 0 Å². The van der Waals surface area contributed by atoms with E-state index in [1.807, 2.05) is 20.8 Å². The number of ether oxygens (including phenoxy) is 4. The van der Waals surface area contributed by atoms with E-state index in [9.17, 15) is 22.8 Å². The largest absolute Gasteiger partial charge is 0.493 e. The number of aliphatic carboxylic acids is 1. The zero-order valence-electron chi connectivity index (χ0n) is 26.9. The van der Waals surface area contributed by atoms with Crippen molar-refractivity contribution in [3.8, 4) is 23.0 Å². The first-order valence-electron chi connectivity index (χ1n) is 15.3. The standard InChI is InChI=1S/C34H40N2O10S/c1-5-8-24-17-26(36(20-37)16-7-6-9-31(38)39)12-15-28(24)46-32(25-18-29(43-4)33-30(19-25)44-21-45-33)34(40)35-47(41,42)27-13-10-23(11-14-27)22(2)3/h10-15,17-20,22,32H,5-9,16,21H2,1-4H3,(H,35,40)(H,38,39). The Morgan fingerprint density at radius 3 is 2.40 bits per heavy atom. The van der Waals surface area contributed by atoms with Gasteiger partial charge < -0.3 is 29.0 Å². The number of nitrogens with zero attached hydrogens (tertiary/aromatic N) is 1. The van der Waals surface area contributed by atoms with Gasteiger partial charge in [-0.15, -0.1) is 0 Å². The second kappa shape index (κ2) is 15.7.